The van der Waals surface area contributed by atoms with Gasteiger partial charge in [-0.05, 0) is 31.0 Å². The molecular weight excluding hydrogens is 238 g/mol. The Hall–Kier alpha value is -0.470. The maximum Gasteiger partial charge on any atom is 0.0108 e. The first-order valence-electron chi connectivity index (χ1n) is 7.34. The Morgan fingerprint density at radius 1 is 1.22 bits per heavy atom. The van der Waals surface area contributed by atoms with Gasteiger partial charge in [-0.1, -0.05) is 38.0 Å². The molecule has 2 aliphatic rings. The Bertz CT molecular complexity index is 398. The molecular formula is C16H23NS. The molecule has 1 fully saturated rings. The molecule has 1 aromatic carbocycles. The largest absolute Gasteiger partial charge is 0.300 e. The first kappa shape index (κ1) is 12.6. The molecule has 1 unspecified atom stereocenters. The Morgan fingerprint density at radius 2 is 2.00 bits per heavy atom. The van der Waals surface area contributed by atoms with Crippen LogP contribution in [0.4, 0.5) is 0 Å². The molecule has 1 nitrogen and oxygen atoms in total. The van der Waals surface area contributed by atoms with Crippen molar-refractivity contribution in [3.63, 3.8) is 0 Å². The van der Waals surface area contributed by atoms with Crippen molar-refractivity contribution in [2.75, 3.05) is 18.8 Å². The van der Waals surface area contributed by atoms with Crippen LogP contribution in [0.2, 0.25) is 0 Å². The van der Waals surface area contributed by atoms with Crippen LogP contribution in [0.3, 0.4) is 0 Å². The second kappa shape index (κ2) is 5.66. The summed E-state index contributed by atoms with van der Waals surface area (Å²) in [7, 11) is 0. The van der Waals surface area contributed by atoms with Gasteiger partial charge in [0.15, 0.2) is 0 Å². The van der Waals surface area contributed by atoms with E-state index in [0.29, 0.717) is 0 Å². The van der Waals surface area contributed by atoms with Crippen molar-refractivity contribution in [2.45, 2.75) is 49.5 Å². The molecule has 1 saturated carbocycles. The third kappa shape index (κ3) is 2.46. The van der Waals surface area contributed by atoms with Crippen LogP contribution in [0.5, 0.6) is 0 Å². The number of benzene rings is 1. The summed E-state index contributed by atoms with van der Waals surface area (Å²) >= 11 is 2.04. The van der Waals surface area contributed by atoms with Crippen molar-refractivity contribution >= 4 is 11.8 Å². The third-order valence-corrected chi connectivity index (χ3v) is 5.75. The fraction of sp³-hybridized carbons (Fsp3) is 0.625. The number of thioether (sulfide) groups is 1. The summed E-state index contributed by atoms with van der Waals surface area (Å²) in [5, 5.41) is 0. The summed E-state index contributed by atoms with van der Waals surface area (Å²) < 4.78 is 0. The van der Waals surface area contributed by atoms with E-state index in [0.717, 1.165) is 12.0 Å². The molecule has 18 heavy (non-hydrogen) atoms. The van der Waals surface area contributed by atoms with Gasteiger partial charge in [-0.3, -0.25) is 0 Å². The van der Waals surface area contributed by atoms with Gasteiger partial charge in [0.2, 0.25) is 0 Å². The van der Waals surface area contributed by atoms with Crippen molar-refractivity contribution < 1.29 is 0 Å². The molecule has 0 saturated heterocycles. The van der Waals surface area contributed by atoms with Crippen LogP contribution in [-0.4, -0.2) is 29.8 Å². The van der Waals surface area contributed by atoms with Gasteiger partial charge in [0.25, 0.3) is 0 Å². The highest BCUT2D eigenvalue weighted by atomic mass is 32.2. The predicted octanol–water partition coefficient (Wildman–Crippen LogP) is 4.14. The van der Waals surface area contributed by atoms with E-state index < -0.39 is 0 Å². The summed E-state index contributed by atoms with van der Waals surface area (Å²) in [5.74, 6) is 2.04. The average Bonchev–Trinajstić information content (AvgIpc) is 3.06. The molecule has 1 aliphatic carbocycles. The van der Waals surface area contributed by atoms with E-state index in [4.69, 9.17) is 0 Å². The lowest BCUT2D eigenvalue weighted by Gasteiger charge is -2.30. The van der Waals surface area contributed by atoms with Gasteiger partial charge in [0.1, 0.15) is 0 Å². The first-order chi connectivity index (χ1) is 8.88. The summed E-state index contributed by atoms with van der Waals surface area (Å²) in [5.41, 5.74) is 1.60. The van der Waals surface area contributed by atoms with E-state index in [-0.39, 0.29) is 0 Å². The minimum atomic E-state index is 0.756. The molecule has 0 aromatic heterocycles. The average molecular weight is 261 g/mol. The summed E-state index contributed by atoms with van der Waals surface area (Å²) in [6.07, 6.45) is 5.74. The zero-order valence-corrected chi connectivity index (χ0v) is 12.1. The molecule has 1 aromatic rings. The normalized spacial score (nSPS) is 23.8. The molecule has 0 radical (unpaired) electrons. The standard InChI is InChI=1S/C16H23NS/c1-2-17(14-7-3-4-8-14)11-13-12-18-16-10-6-5-9-15(13)16/h5-6,9-10,13-14H,2-4,7-8,11-12H2,1H3. The summed E-state index contributed by atoms with van der Waals surface area (Å²) in [6, 6.07) is 9.86. The van der Waals surface area contributed by atoms with Crippen molar-refractivity contribution in [3.8, 4) is 0 Å². The van der Waals surface area contributed by atoms with Crippen LogP contribution in [0, 0.1) is 0 Å². The third-order valence-electron chi connectivity index (χ3n) is 4.50. The summed E-state index contributed by atoms with van der Waals surface area (Å²) in [4.78, 5) is 4.25. The number of nitrogens with zero attached hydrogens (tertiary/aromatic N) is 1. The van der Waals surface area contributed by atoms with Crippen LogP contribution < -0.4 is 0 Å². The maximum atomic E-state index is 2.74. The molecule has 2 heteroatoms. The molecule has 0 N–H and O–H groups in total. The molecule has 0 amide bonds. The van der Waals surface area contributed by atoms with E-state index >= 15 is 0 Å². The van der Waals surface area contributed by atoms with Gasteiger partial charge in [0, 0.05) is 29.2 Å². The number of likely N-dealkylation sites (N-methyl/N-ethyl adjacent to an activating group) is 1. The van der Waals surface area contributed by atoms with Crippen LogP contribution in [0.25, 0.3) is 0 Å². The van der Waals surface area contributed by atoms with E-state index in [2.05, 4.69) is 36.1 Å². The molecule has 98 valence electrons. The Balaban J connectivity index is 1.69. The monoisotopic (exact) mass is 261 g/mol. The minimum absolute atomic E-state index is 0.756. The van der Waals surface area contributed by atoms with E-state index in [1.807, 2.05) is 11.8 Å². The van der Waals surface area contributed by atoms with Crippen LogP contribution in [0.15, 0.2) is 29.2 Å². The smallest absolute Gasteiger partial charge is 0.0108 e. The lowest BCUT2D eigenvalue weighted by molar-refractivity contribution is 0.200. The highest BCUT2D eigenvalue weighted by molar-refractivity contribution is 7.99. The van der Waals surface area contributed by atoms with Crippen LogP contribution in [0.1, 0.15) is 44.1 Å². The fourth-order valence-electron chi connectivity index (χ4n) is 3.47. The van der Waals surface area contributed by atoms with Crippen LogP contribution in [-0.2, 0) is 0 Å². The van der Waals surface area contributed by atoms with E-state index in [1.54, 1.807) is 5.56 Å². The molecule has 3 rings (SSSR count). The Labute approximate surface area is 115 Å². The summed E-state index contributed by atoms with van der Waals surface area (Å²) in [6.45, 7) is 4.81. The number of hydrogen-bond donors (Lipinski definition) is 0. The molecule has 1 aliphatic heterocycles. The minimum Gasteiger partial charge on any atom is -0.300 e. The quantitative estimate of drug-likeness (QED) is 0.801. The maximum absolute atomic E-state index is 2.74. The van der Waals surface area contributed by atoms with Crippen molar-refractivity contribution in [3.05, 3.63) is 29.8 Å². The van der Waals surface area contributed by atoms with Crippen molar-refractivity contribution in [1.29, 1.82) is 0 Å². The molecule has 0 bridgehead atoms. The highest BCUT2D eigenvalue weighted by Gasteiger charge is 2.28. The first-order valence-corrected chi connectivity index (χ1v) is 8.33. The second-order valence-corrected chi connectivity index (χ2v) is 6.63. The SMILES string of the molecule is CCN(CC1CSc2ccccc21)C1CCCC1. The number of hydrogen-bond acceptors (Lipinski definition) is 2. The highest BCUT2D eigenvalue weighted by Crippen LogP contribution is 2.40. The van der Waals surface area contributed by atoms with E-state index in [1.165, 1.54) is 49.4 Å². The van der Waals surface area contributed by atoms with Crippen molar-refractivity contribution in [1.82, 2.24) is 4.90 Å². The van der Waals surface area contributed by atoms with Gasteiger partial charge >= 0.3 is 0 Å². The topological polar surface area (TPSA) is 3.24 Å². The molecule has 0 spiro atoms. The molecule has 1 atom stereocenters. The van der Waals surface area contributed by atoms with Gasteiger partial charge in [-0.2, -0.15) is 0 Å². The second-order valence-electron chi connectivity index (χ2n) is 5.57. The lowest BCUT2D eigenvalue weighted by atomic mass is 10.00. The fourth-order valence-corrected chi connectivity index (χ4v) is 4.71. The predicted molar refractivity (Wildman–Crippen MR) is 79.4 cm³/mol. The Morgan fingerprint density at radius 3 is 2.78 bits per heavy atom. The van der Waals surface area contributed by atoms with Gasteiger partial charge in [-0.15, -0.1) is 11.8 Å². The zero-order valence-electron chi connectivity index (χ0n) is 11.3. The molecule has 1 heterocycles. The van der Waals surface area contributed by atoms with Gasteiger partial charge in [0.05, 0.1) is 0 Å². The van der Waals surface area contributed by atoms with Gasteiger partial charge in [-0.25, -0.2) is 0 Å². The van der Waals surface area contributed by atoms with Gasteiger partial charge < -0.3 is 4.90 Å². The number of rotatable bonds is 4. The lowest BCUT2D eigenvalue weighted by Crippen LogP contribution is -2.36. The zero-order chi connectivity index (χ0) is 12.4. The number of fused-ring (bicyclic) bond motifs is 1. The Kier molecular flexibility index (Phi) is 3.95. The van der Waals surface area contributed by atoms with Crippen molar-refractivity contribution in [2.24, 2.45) is 0 Å². The van der Waals surface area contributed by atoms with Crippen LogP contribution >= 0.6 is 11.8 Å². The van der Waals surface area contributed by atoms with E-state index in [9.17, 15) is 0 Å².